The van der Waals surface area contributed by atoms with E-state index >= 15 is 0 Å². The van der Waals surface area contributed by atoms with Crippen molar-refractivity contribution in [2.24, 2.45) is 0 Å². The molecule has 2 heteroatoms. The Morgan fingerprint density at radius 2 is 1.86 bits per heavy atom. The highest BCUT2D eigenvalue weighted by Gasteiger charge is 2.10. The number of hydrogen-bond donors (Lipinski definition) is 0. The molecule has 106 valence electrons. The molecule has 0 radical (unpaired) electrons. The first-order chi connectivity index (χ1) is 10.2. The summed E-state index contributed by atoms with van der Waals surface area (Å²) in [6.07, 6.45) is 3.99. The van der Waals surface area contributed by atoms with Gasteiger partial charge in [0.2, 0.25) is 0 Å². The molecule has 21 heavy (non-hydrogen) atoms. The number of aromatic nitrogens is 1. The molecule has 2 aromatic carbocycles. The van der Waals surface area contributed by atoms with Crippen molar-refractivity contribution in [2.45, 2.75) is 24.7 Å². The summed E-state index contributed by atoms with van der Waals surface area (Å²) < 4.78 is 0. The first-order valence-corrected chi connectivity index (χ1v) is 8.44. The molecule has 1 aromatic heterocycles. The van der Waals surface area contributed by atoms with Crippen molar-refractivity contribution in [3.63, 3.8) is 0 Å². The lowest BCUT2D eigenvalue weighted by atomic mass is 9.94. The fraction of sp³-hybridized carbons (Fsp3) is 0.211. The molecule has 0 aliphatic rings. The molecule has 3 aromatic rings. The summed E-state index contributed by atoms with van der Waals surface area (Å²) >= 11 is 1.77. The van der Waals surface area contributed by atoms with Gasteiger partial charge in [0.25, 0.3) is 0 Å². The first kappa shape index (κ1) is 14.2. The van der Waals surface area contributed by atoms with E-state index in [4.69, 9.17) is 0 Å². The lowest BCUT2D eigenvalue weighted by molar-refractivity contribution is 0.869. The lowest BCUT2D eigenvalue weighted by Crippen LogP contribution is -1.92. The topological polar surface area (TPSA) is 12.9 Å². The number of fused-ring (bicyclic) bond motifs is 1. The van der Waals surface area contributed by atoms with E-state index < -0.39 is 0 Å². The Bertz CT molecular complexity index is 777. The van der Waals surface area contributed by atoms with Gasteiger partial charge in [-0.1, -0.05) is 32.0 Å². The molecular formula is C19H19NS. The number of rotatable bonds is 3. The van der Waals surface area contributed by atoms with Gasteiger partial charge in [0.1, 0.15) is 0 Å². The molecule has 1 nitrogen and oxygen atoms in total. The summed E-state index contributed by atoms with van der Waals surface area (Å²) in [7, 11) is 0. The highest BCUT2D eigenvalue weighted by Crippen LogP contribution is 2.32. The van der Waals surface area contributed by atoms with Crippen LogP contribution in [0.2, 0.25) is 0 Å². The van der Waals surface area contributed by atoms with E-state index in [2.05, 4.69) is 67.6 Å². The van der Waals surface area contributed by atoms with Crippen LogP contribution in [-0.4, -0.2) is 11.2 Å². The summed E-state index contributed by atoms with van der Waals surface area (Å²) in [5.41, 5.74) is 4.92. The van der Waals surface area contributed by atoms with Gasteiger partial charge in [-0.05, 0) is 53.6 Å². The maximum Gasteiger partial charge on any atom is 0.0780 e. The van der Waals surface area contributed by atoms with Gasteiger partial charge in [-0.2, -0.15) is 0 Å². The Labute approximate surface area is 130 Å². The molecule has 3 rings (SSSR count). The van der Waals surface area contributed by atoms with Crippen LogP contribution in [0.1, 0.15) is 25.3 Å². The van der Waals surface area contributed by atoms with Gasteiger partial charge >= 0.3 is 0 Å². The molecule has 1 heterocycles. The molecule has 0 aliphatic carbocycles. The molecule has 0 amide bonds. The van der Waals surface area contributed by atoms with E-state index in [0.717, 1.165) is 5.52 Å². The zero-order chi connectivity index (χ0) is 14.8. The van der Waals surface area contributed by atoms with Crippen LogP contribution in [0.25, 0.3) is 22.0 Å². The average Bonchev–Trinajstić information content (AvgIpc) is 2.53. The predicted molar refractivity (Wildman–Crippen MR) is 93.0 cm³/mol. The second-order valence-electron chi connectivity index (χ2n) is 5.53. The zero-order valence-corrected chi connectivity index (χ0v) is 13.4. The first-order valence-electron chi connectivity index (χ1n) is 7.22. The minimum atomic E-state index is 0.511. The monoisotopic (exact) mass is 293 g/mol. The van der Waals surface area contributed by atoms with Gasteiger partial charge < -0.3 is 0 Å². The maximum absolute atomic E-state index is 4.61. The van der Waals surface area contributed by atoms with Crippen molar-refractivity contribution in [3.8, 4) is 11.1 Å². The normalized spacial score (nSPS) is 11.2. The lowest BCUT2D eigenvalue weighted by Gasteiger charge is -2.12. The number of pyridine rings is 1. The molecule has 0 saturated carbocycles. The summed E-state index contributed by atoms with van der Waals surface area (Å²) in [5.74, 6) is 0.511. The van der Waals surface area contributed by atoms with E-state index in [-0.39, 0.29) is 0 Å². The largest absolute Gasteiger partial charge is 0.256 e. The molecular weight excluding hydrogens is 274 g/mol. The van der Waals surface area contributed by atoms with Crippen molar-refractivity contribution in [2.75, 3.05) is 6.26 Å². The smallest absolute Gasteiger partial charge is 0.0780 e. The predicted octanol–water partition coefficient (Wildman–Crippen LogP) is 5.75. The van der Waals surface area contributed by atoms with Gasteiger partial charge in [-0.25, -0.2) is 0 Å². The number of hydrogen-bond acceptors (Lipinski definition) is 2. The third-order valence-electron chi connectivity index (χ3n) is 3.77. The standard InChI is InChI=1S/C19H19NS/c1-13(2)16-10-15-7-5-9-20-19(15)18(12-16)14-6-4-8-17(11-14)21-3/h4-13H,1-3H3. The van der Waals surface area contributed by atoms with E-state index in [1.165, 1.54) is 27.0 Å². The number of benzene rings is 2. The Morgan fingerprint density at radius 1 is 1.00 bits per heavy atom. The van der Waals surface area contributed by atoms with E-state index in [1.807, 2.05) is 12.3 Å². The van der Waals surface area contributed by atoms with Crippen molar-refractivity contribution in [1.82, 2.24) is 4.98 Å². The Morgan fingerprint density at radius 3 is 2.62 bits per heavy atom. The van der Waals surface area contributed by atoms with Crippen LogP contribution in [-0.2, 0) is 0 Å². The van der Waals surface area contributed by atoms with E-state index in [0.29, 0.717) is 5.92 Å². The summed E-state index contributed by atoms with van der Waals surface area (Å²) in [6, 6.07) is 17.4. The zero-order valence-electron chi connectivity index (χ0n) is 12.6. The fourth-order valence-electron chi connectivity index (χ4n) is 2.56. The van der Waals surface area contributed by atoms with E-state index in [9.17, 15) is 0 Å². The Kier molecular flexibility index (Phi) is 3.98. The highest BCUT2D eigenvalue weighted by molar-refractivity contribution is 7.98. The summed E-state index contributed by atoms with van der Waals surface area (Å²) in [6.45, 7) is 4.47. The van der Waals surface area contributed by atoms with Crippen molar-refractivity contribution >= 4 is 22.7 Å². The van der Waals surface area contributed by atoms with Gasteiger partial charge in [0, 0.05) is 22.0 Å². The van der Waals surface area contributed by atoms with Crippen LogP contribution < -0.4 is 0 Å². The molecule has 0 spiro atoms. The second kappa shape index (κ2) is 5.90. The van der Waals surface area contributed by atoms with Gasteiger partial charge in [0.15, 0.2) is 0 Å². The van der Waals surface area contributed by atoms with Crippen LogP contribution in [0, 0.1) is 0 Å². The second-order valence-corrected chi connectivity index (χ2v) is 6.41. The Hall–Kier alpha value is -1.80. The summed E-state index contributed by atoms with van der Waals surface area (Å²) in [4.78, 5) is 5.89. The molecule has 0 aliphatic heterocycles. The van der Waals surface area contributed by atoms with Gasteiger partial charge in [0.05, 0.1) is 5.52 Å². The highest BCUT2D eigenvalue weighted by atomic mass is 32.2. The molecule has 0 saturated heterocycles. The van der Waals surface area contributed by atoms with Gasteiger partial charge in [-0.3, -0.25) is 4.98 Å². The quantitative estimate of drug-likeness (QED) is 0.570. The minimum Gasteiger partial charge on any atom is -0.256 e. The fourth-order valence-corrected chi connectivity index (χ4v) is 3.02. The van der Waals surface area contributed by atoms with Crippen LogP contribution >= 0.6 is 11.8 Å². The van der Waals surface area contributed by atoms with Crippen LogP contribution in [0.5, 0.6) is 0 Å². The van der Waals surface area contributed by atoms with Crippen LogP contribution in [0.4, 0.5) is 0 Å². The third kappa shape index (κ3) is 2.81. The molecule has 0 atom stereocenters. The molecule has 0 unspecified atom stereocenters. The minimum absolute atomic E-state index is 0.511. The number of nitrogens with zero attached hydrogens (tertiary/aromatic N) is 1. The molecule has 0 N–H and O–H groups in total. The number of thioether (sulfide) groups is 1. The van der Waals surface area contributed by atoms with Crippen molar-refractivity contribution < 1.29 is 0 Å². The van der Waals surface area contributed by atoms with Gasteiger partial charge in [-0.15, -0.1) is 11.8 Å². The average molecular weight is 293 g/mol. The van der Waals surface area contributed by atoms with Crippen molar-refractivity contribution in [3.05, 3.63) is 60.3 Å². The van der Waals surface area contributed by atoms with Crippen LogP contribution in [0.15, 0.2) is 59.6 Å². The Balaban J connectivity index is 2.28. The van der Waals surface area contributed by atoms with E-state index in [1.54, 1.807) is 11.8 Å². The van der Waals surface area contributed by atoms with Crippen molar-refractivity contribution in [1.29, 1.82) is 0 Å². The summed E-state index contributed by atoms with van der Waals surface area (Å²) in [5, 5.41) is 1.22. The molecule has 0 bridgehead atoms. The molecule has 0 fully saturated rings. The third-order valence-corrected chi connectivity index (χ3v) is 4.50. The van der Waals surface area contributed by atoms with Crippen LogP contribution in [0.3, 0.4) is 0 Å². The maximum atomic E-state index is 4.61. The SMILES string of the molecule is CSc1cccc(-c2cc(C(C)C)cc3cccnc23)c1.